The topological polar surface area (TPSA) is 20.3 Å². The molecule has 0 atom stereocenters. The average molecular weight is 196 g/mol. The van der Waals surface area contributed by atoms with Gasteiger partial charge in [-0.25, -0.2) is 0 Å². The maximum atomic E-state index is 11.6. The van der Waals surface area contributed by atoms with Crippen LogP contribution in [0.1, 0.15) is 22.8 Å². The highest BCUT2D eigenvalue weighted by atomic mass is 35.5. The Bertz CT molecular complexity index is 362. The molecule has 1 aromatic rings. The Kier molecular flexibility index (Phi) is 2.00. The van der Waals surface area contributed by atoms with Gasteiger partial charge in [0.1, 0.15) is 0 Å². The van der Waals surface area contributed by atoms with Gasteiger partial charge in [0.2, 0.25) is 0 Å². The predicted molar refractivity (Wildman–Crippen MR) is 51.9 cm³/mol. The van der Waals surface area contributed by atoms with Crippen LogP contribution in [0.4, 0.5) is 0 Å². The first-order chi connectivity index (χ1) is 6.22. The quantitative estimate of drug-likeness (QED) is 0.674. The zero-order chi connectivity index (χ0) is 9.42. The highest BCUT2D eigenvalue weighted by Gasteiger charge is 2.25. The van der Waals surface area contributed by atoms with Crippen LogP contribution in [-0.4, -0.2) is 17.4 Å². The van der Waals surface area contributed by atoms with E-state index in [-0.39, 0.29) is 5.91 Å². The molecular weight excluding hydrogens is 186 g/mol. The molecule has 1 aliphatic rings. The molecule has 0 spiro atoms. The highest BCUT2D eigenvalue weighted by Crippen LogP contribution is 2.25. The fourth-order valence-electron chi connectivity index (χ4n) is 1.59. The summed E-state index contributed by atoms with van der Waals surface area (Å²) in [5.74, 6) is 0.0972. The second kappa shape index (κ2) is 3.04. The summed E-state index contributed by atoms with van der Waals surface area (Å²) < 4.78 is 0. The molecule has 0 saturated heterocycles. The largest absolute Gasteiger partial charge is 0.335 e. The molecule has 0 aliphatic carbocycles. The Morgan fingerprint density at radius 2 is 2.31 bits per heavy atom. The van der Waals surface area contributed by atoms with Gasteiger partial charge in [0.25, 0.3) is 5.91 Å². The van der Waals surface area contributed by atoms with Crippen molar-refractivity contribution in [3.8, 4) is 0 Å². The smallest absolute Gasteiger partial charge is 0.254 e. The molecule has 1 heterocycles. The van der Waals surface area contributed by atoms with Crippen molar-refractivity contribution >= 4 is 17.5 Å². The molecule has 2 rings (SSSR count). The molecule has 1 amide bonds. The molecule has 3 heteroatoms. The van der Waals surface area contributed by atoms with E-state index in [9.17, 15) is 4.79 Å². The second-order valence-corrected chi connectivity index (χ2v) is 3.56. The van der Waals surface area contributed by atoms with Gasteiger partial charge in [0.15, 0.2) is 0 Å². The Hall–Kier alpha value is -1.02. The lowest BCUT2D eigenvalue weighted by Crippen LogP contribution is -2.22. The average Bonchev–Trinajstić information content (AvgIpc) is 2.44. The van der Waals surface area contributed by atoms with Gasteiger partial charge >= 0.3 is 0 Å². The lowest BCUT2D eigenvalue weighted by atomic mass is 10.1. The number of nitrogens with zero attached hydrogens (tertiary/aromatic N) is 1. The summed E-state index contributed by atoms with van der Waals surface area (Å²) in [6, 6.07) is 5.49. The minimum absolute atomic E-state index is 0.0972. The zero-order valence-corrected chi connectivity index (χ0v) is 8.14. The molecule has 0 saturated carbocycles. The minimum Gasteiger partial charge on any atom is -0.335 e. The van der Waals surface area contributed by atoms with Gasteiger partial charge in [-0.1, -0.05) is 17.7 Å². The molecule has 0 radical (unpaired) electrons. The molecule has 13 heavy (non-hydrogen) atoms. The van der Waals surface area contributed by atoms with Crippen LogP contribution in [0.3, 0.4) is 0 Å². The van der Waals surface area contributed by atoms with Gasteiger partial charge in [-0.15, -0.1) is 0 Å². The van der Waals surface area contributed by atoms with Gasteiger partial charge in [-0.05, 0) is 24.6 Å². The summed E-state index contributed by atoms with van der Waals surface area (Å²) in [5.41, 5.74) is 1.84. The number of rotatable bonds is 1. The first-order valence-electron chi connectivity index (χ1n) is 4.30. The van der Waals surface area contributed by atoms with Crippen molar-refractivity contribution in [2.75, 3.05) is 6.54 Å². The Morgan fingerprint density at radius 1 is 1.54 bits per heavy atom. The fraction of sp³-hybridized carbons (Fsp3) is 0.300. The summed E-state index contributed by atoms with van der Waals surface area (Å²) in [7, 11) is 0. The Balaban J connectivity index is 2.45. The fourth-order valence-corrected chi connectivity index (χ4v) is 1.76. The molecule has 1 aromatic carbocycles. The van der Waals surface area contributed by atoms with Crippen LogP contribution < -0.4 is 0 Å². The van der Waals surface area contributed by atoms with Crippen molar-refractivity contribution in [2.45, 2.75) is 13.5 Å². The SMILES string of the molecule is CCN1Cc2ccc(Cl)cc2C1=O. The number of fused-ring (bicyclic) bond motifs is 1. The monoisotopic (exact) mass is 195 g/mol. The van der Waals surface area contributed by atoms with E-state index in [1.165, 1.54) is 0 Å². The third kappa shape index (κ3) is 1.31. The summed E-state index contributed by atoms with van der Waals surface area (Å²) in [6.45, 7) is 3.46. The summed E-state index contributed by atoms with van der Waals surface area (Å²) in [5, 5.41) is 0.630. The van der Waals surface area contributed by atoms with Gasteiger partial charge in [0, 0.05) is 23.7 Å². The van der Waals surface area contributed by atoms with Crippen LogP contribution in [0.2, 0.25) is 5.02 Å². The number of carbonyl (C=O) groups is 1. The molecule has 0 aromatic heterocycles. The number of hydrogen-bond acceptors (Lipinski definition) is 1. The van der Waals surface area contributed by atoms with Crippen LogP contribution >= 0.6 is 11.6 Å². The number of hydrogen-bond donors (Lipinski definition) is 0. The van der Waals surface area contributed by atoms with Crippen molar-refractivity contribution in [2.24, 2.45) is 0 Å². The normalized spacial score (nSPS) is 14.9. The van der Waals surface area contributed by atoms with E-state index in [2.05, 4.69) is 0 Å². The lowest BCUT2D eigenvalue weighted by Gasteiger charge is -2.10. The van der Waals surface area contributed by atoms with Crippen LogP contribution in [0.5, 0.6) is 0 Å². The summed E-state index contributed by atoms with van der Waals surface area (Å²) in [4.78, 5) is 13.5. The number of benzene rings is 1. The standard InChI is InChI=1S/C10H10ClNO/c1-2-12-6-7-3-4-8(11)5-9(7)10(12)13/h3-5H,2,6H2,1H3. The Labute approximate surface area is 82.1 Å². The first kappa shape index (κ1) is 8.57. The van der Waals surface area contributed by atoms with Gasteiger partial charge < -0.3 is 4.90 Å². The molecule has 68 valence electrons. The van der Waals surface area contributed by atoms with Crippen molar-refractivity contribution in [1.82, 2.24) is 4.90 Å². The predicted octanol–water partition coefficient (Wildman–Crippen LogP) is 2.32. The van der Waals surface area contributed by atoms with E-state index in [1.54, 1.807) is 11.0 Å². The zero-order valence-electron chi connectivity index (χ0n) is 7.38. The van der Waals surface area contributed by atoms with Crippen LogP contribution in [0, 0.1) is 0 Å². The van der Waals surface area contributed by atoms with Crippen LogP contribution in [0.15, 0.2) is 18.2 Å². The maximum absolute atomic E-state index is 11.6. The molecular formula is C10H10ClNO. The van der Waals surface area contributed by atoms with E-state index in [0.717, 1.165) is 24.2 Å². The van der Waals surface area contributed by atoms with Gasteiger partial charge in [-0.2, -0.15) is 0 Å². The molecule has 0 fully saturated rings. The van der Waals surface area contributed by atoms with Crippen LogP contribution in [0.25, 0.3) is 0 Å². The first-order valence-corrected chi connectivity index (χ1v) is 4.68. The van der Waals surface area contributed by atoms with E-state index in [4.69, 9.17) is 11.6 Å². The van der Waals surface area contributed by atoms with Crippen molar-refractivity contribution in [1.29, 1.82) is 0 Å². The number of amides is 1. The molecule has 2 nitrogen and oxygen atoms in total. The van der Waals surface area contributed by atoms with Gasteiger partial charge in [-0.3, -0.25) is 4.79 Å². The maximum Gasteiger partial charge on any atom is 0.254 e. The molecule has 1 aliphatic heterocycles. The molecule has 0 unspecified atom stereocenters. The third-order valence-electron chi connectivity index (χ3n) is 2.33. The van der Waals surface area contributed by atoms with E-state index in [0.29, 0.717) is 5.02 Å². The minimum atomic E-state index is 0.0972. The van der Waals surface area contributed by atoms with Crippen LogP contribution in [-0.2, 0) is 6.54 Å². The highest BCUT2D eigenvalue weighted by molar-refractivity contribution is 6.31. The van der Waals surface area contributed by atoms with E-state index in [1.807, 2.05) is 19.1 Å². The molecule has 0 bridgehead atoms. The third-order valence-corrected chi connectivity index (χ3v) is 2.57. The summed E-state index contributed by atoms with van der Waals surface area (Å²) in [6.07, 6.45) is 0. The van der Waals surface area contributed by atoms with E-state index >= 15 is 0 Å². The number of carbonyl (C=O) groups excluding carboxylic acids is 1. The second-order valence-electron chi connectivity index (χ2n) is 3.12. The van der Waals surface area contributed by atoms with Crippen molar-refractivity contribution in [3.05, 3.63) is 34.3 Å². The number of halogens is 1. The Morgan fingerprint density at radius 3 is 3.00 bits per heavy atom. The van der Waals surface area contributed by atoms with Crippen molar-refractivity contribution < 1.29 is 4.79 Å². The van der Waals surface area contributed by atoms with Crippen molar-refractivity contribution in [3.63, 3.8) is 0 Å². The lowest BCUT2D eigenvalue weighted by molar-refractivity contribution is 0.0787. The molecule has 0 N–H and O–H groups in total. The summed E-state index contributed by atoms with van der Waals surface area (Å²) >= 11 is 5.81. The van der Waals surface area contributed by atoms with E-state index < -0.39 is 0 Å². The van der Waals surface area contributed by atoms with Gasteiger partial charge in [0.05, 0.1) is 0 Å².